The van der Waals surface area contributed by atoms with Crippen LogP contribution >= 0.6 is 0 Å². The Morgan fingerprint density at radius 3 is 2.62 bits per heavy atom. The van der Waals surface area contributed by atoms with Crippen molar-refractivity contribution in [1.29, 1.82) is 0 Å². The van der Waals surface area contributed by atoms with E-state index in [0.717, 1.165) is 46.9 Å². The Balaban J connectivity index is 1.64. The van der Waals surface area contributed by atoms with Crippen molar-refractivity contribution in [2.45, 2.75) is 58.2 Å². The number of rotatable bonds is 4. The maximum Gasteiger partial charge on any atom is 0.416 e. The minimum absolute atomic E-state index is 0.0468. The normalized spacial score (nSPS) is 17.8. The van der Waals surface area contributed by atoms with Crippen LogP contribution in [0.1, 0.15) is 73.3 Å². The highest BCUT2D eigenvalue weighted by Crippen LogP contribution is 2.39. The van der Waals surface area contributed by atoms with E-state index >= 15 is 0 Å². The molecule has 5 rings (SSSR count). The first kappa shape index (κ1) is 25.2. The minimum atomic E-state index is -4.42. The summed E-state index contributed by atoms with van der Waals surface area (Å²) >= 11 is 0. The molecular weight excluding hydrogens is 479 g/mol. The Bertz CT molecular complexity index is 1480. The zero-order valence-electron chi connectivity index (χ0n) is 21.4. The zero-order chi connectivity index (χ0) is 26.5. The van der Waals surface area contributed by atoms with Gasteiger partial charge < -0.3 is 9.47 Å². The fraction of sp³-hybridized carbons (Fsp3) is 0.429. The fourth-order valence-corrected chi connectivity index (χ4v) is 5.10. The number of halogens is 3. The average Bonchev–Trinajstić information content (AvgIpc) is 3.70. The van der Waals surface area contributed by atoms with Crippen LogP contribution < -0.4 is 5.49 Å². The molecule has 2 aliphatic rings. The van der Waals surface area contributed by atoms with Crippen LogP contribution in [0.3, 0.4) is 0 Å². The second kappa shape index (κ2) is 9.43. The van der Waals surface area contributed by atoms with Gasteiger partial charge in [0.2, 0.25) is 5.91 Å². The predicted octanol–water partition coefficient (Wildman–Crippen LogP) is 5.47. The number of alkyl halides is 3. The Hall–Kier alpha value is -3.49. The summed E-state index contributed by atoms with van der Waals surface area (Å²) in [6, 6.07) is 5.69. The van der Waals surface area contributed by atoms with Crippen molar-refractivity contribution in [3.05, 3.63) is 70.2 Å². The second-order valence-electron chi connectivity index (χ2n) is 9.98. The Kier molecular flexibility index (Phi) is 6.41. The minimum Gasteiger partial charge on any atom is -0.339 e. The van der Waals surface area contributed by atoms with Crippen LogP contribution in [0.4, 0.5) is 13.2 Å². The summed E-state index contributed by atoms with van der Waals surface area (Å²) < 4.78 is 42.6. The van der Waals surface area contributed by atoms with Gasteiger partial charge in [0.05, 0.1) is 29.0 Å². The number of hydrogen-bond donors (Lipinski definition) is 0. The fourth-order valence-electron chi connectivity index (χ4n) is 5.10. The predicted molar refractivity (Wildman–Crippen MR) is 135 cm³/mol. The molecule has 1 aliphatic heterocycles. The molecule has 9 heteroatoms. The molecule has 6 nitrogen and oxygen atoms in total. The van der Waals surface area contributed by atoms with Gasteiger partial charge in [0.15, 0.2) is 5.49 Å². The number of hydrogen-bond acceptors (Lipinski definition) is 4. The van der Waals surface area contributed by atoms with Gasteiger partial charge in [0.1, 0.15) is 5.82 Å². The van der Waals surface area contributed by atoms with Gasteiger partial charge in [-0.2, -0.15) is 13.2 Å². The maximum absolute atomic E-state index is 13.5. The largest absolute Gasteiger partial charge is 0.416 e. The molecule has 1 aromatic carbocycles. The van der Waals surface area contributed by atoms with Crippen LogP contribution in [0, 0.1) is 6.92 Å². The monoisotopic (exact) mass is 509 g/mol. The molecule has 1 amide bonds. The van der Waals surface area contributed by atoms with Gasteiger partial charge >= 0.3 is 6.18 Å². The number of amides is 1. The van der Waals surface area contributed by atoms with E-state index < -0.39 is 17.8 Å². The summed E-state index contributed by atoms with van der Waals surface area (Å²) in [5.41, 5.74) is 3.33. The van der Waals surface area contributed by atoms with Crippen LogP contribution in [0.2, 0.25) is 0 Å². The number of carbonyl (C=O) groups excluding carboxylic acids is 1. The number of benzene rings is 1. The number of fused-ring (bicyclic) bond motifs is 1. The lowest BCUT2D eigenvalue weighted by Crippen LogP contribution is -2.32. The van der Waals surface area contributed by atoms with Crippen LogP contribution in [-0.4, -0.2) is 38.4 Å². The van der Waals surface area contributed by atoms with E-state index in [0.29, 0.717) is 36.5 Å². The lowest BCUT2D eigenvalue weighted by atomic mass is 9.97. The van der Waals surface area contributed by atoms with Crippen molar-refractivity contribution in [3.63, 3.8) is 0 Å². The van der Waals surface area contributed by atoms with Crippen LogP contribution in [0.15, 0.2) is 41.5 Å². The smallest absolute Gasteiger partial charge is 0.339 e. The standard InChI is InChI=1S/C28H30F3N5O/c1-16-21(6-5-7-23(16)28(29,30)31)17(2)33-26-22-14-24(19-10-12-36(13-11-19)18(3)37)32-15-25(22)35(4)27(34-26)20-8-9-20/h5-7,10,14-15,17,20H,8-9,11-13H2,1-4H3/t17-/m1/s1. The first-order valence-corrected chi connectivity index (χ1v) is 12.6. The van der Waals surface area contributed by atoms with Gasteiger partial charge in [-0.3, -0.25) is 14.8 Å². The van der Waals surface area contributed by atoms with Gasteiger partial charge in [-0.25, -0.2) is 4.98 Å². The third kappa shape index (κ3) is 4.91. The van der Waals surface area contributed by atoms with E-state index in [2.05, 4.69) is 4.57 Å². The molecule has 2 aromatic heterocycles. The third-order valence-corrected chi connectivity index (χ3v) is 7.42. The number of pyridine rings is 1. The SMILES string of the molecule is CC(=O)N1CC=C(c2cc3c(=N[C@H](C)c4cccc(C(F)(F)F)c4C)nc(C4CC4)n(C)c3cn2)CC1. The highest BCUT2D eigenvalue weighted by molar-refractivity contribution is 5.82. The number of aryl methyl sites for hydroxylation is 1. The molecule has 0 saturated heterocycles. The summed E-state index contributed by atoms with van der Waals surface area (Å²) in [6.45, 7) is 6.05. The molecule has 0 N–H and O–H groups in total. The van der Waals surface area contributed by atoms with E-state index in [4.69, 9.17) is 15.0 Å². The van der Waals surface area contributed by atoms with E-state index in [1.807, 2.05) is 32.3 Å². The molecule has 3 aromatic rings. The highest BCUT2D eigenvalue weighted by Gasteiger charge is 2.33. The van der Waals surface area contributed by atoms with Crippen LogP contribution in [0.25, 0.3) is 16.5 Å². The van der Waals surface area contributed by atoms with Gasteiger partial charge in [0, 0.05) is 38.4 Å². The molecule has 0 spiro atoms. The van der Waals surface area contributed by atoms with E-state index in [1.54, 1.807) is 17.9 Å². The van der Waals surface area contributed by atoms with Crippen molar-refractivity contribution in [3.8, 4) is 0 Å². The third-order valence-electron chi connectivity index (χ3n) is 7.42. The van der Waals surface area contributed by atoms with E-state index in [1.165, 1.54) is 13.0 Å². The number of nitrogens with zero attached hydrogens (tertiary/aromatic N) is 5. The summed E-state index contributed by atoms with van der Waals surface area (Å²) in [6.07, 6.45) is 2.24. The Labute approximate surface area is 213 Å². The molecule has 194 valence electrons. The van der Waals surface area contributed by atoms with Gasteiger partial charge in [-0.1, -0.05) is 18.2 Å². The van der Waals surface area contributed by atoms with Crippen molar-refractivity contribution in [2.24, 2.45) is 12.0 Å². The summed E-state index contributed by atoms with van der Waals surface area (Å²) in [5.74, 6) is 1.32. The van der Waals surface area contributed by atoms with E-state index in [-0.39, 0.29) is 11.5 Å². The number of carbonyl (C=O) groups is 1. The lowest BCUT2D eigenvalue weighted by molar-refractivity contribution is -0.138. The maximum atomic E-state index is 13.5. The summed E-state index contributed by atoms with van der Waals surface area (Å²) in [5, 5.41) is 0.809. The van der Waals surface area contributed by atoms with Crippen molar-refractivity contribution in [1.82, 2.24) is 19.4 Å². The lowest BCUT2D eigenvalue weighted by Gasteiger charge is -2.25. The second-order valence-corrected chi connectivity index (χ2v) is 9.98. The Morgan fingerprint density at radius 1 is 1.24 bits per heavy atom. The molecule has 1 atom stereocenters. The van der Waals surface area contributed by atoms with Crippen LogP contribution in [-0.2, 0) is 18.0 Å². The van der Waals surface area contributed by atoms with Gasteiger partial charge in [-0.15, -0.1) is 0 Å². The van der Waals surface area contributed by atoms with Crippen molar-refractivity contribution in [2.75, 3.05) is 13.1 Å². The summed E-state index contributed by atoms with van der Waals surface area (Å²) in [7, 11) is 1.97. The molecular formula is C28H30F3N5O. The molecule has 0 unspecified atom stereocenters. The molecule has 3 heterocycles. The van der Waals surface area contributed by atoms with E-state index in [9.17, 15) is 18.0 Å². The molecule has 37 heavy (non-hydrogen) atoms. The molecule has 1 aliphatic carbocycles. The van der Waals surface area contributed by atoms with Gasteiger partial charge in [0.25, 0.3) is 0 Å². The first-order valence-electron chi connectivity index (χ1n) is 12.6. The Morgan fingerprint density at radius 2 is 2.00 bits per heavy atom. The first-order chi connectivity index (χ1) is 17.5. The quantitative estimate of drug-likeness (QED) is 0.469. The molecule has 0 radical (unpaired) electrons. The molecule has 1 fully saturated rings. The topological polar surface area (TPSA) is 63.4 Å². The average molecular weight is 510 g/mol. The van der Waals surface area contributed by atoms with Crippen molar-refractivity contribution >= 4 is 22.4 Å². The molecule has 1 saturated carbocycles. The van der Waals surface area contributed by atoms with Crippen LogP contribution in [0.5, 0.6) is 0 Å². The summed E-state index contributed by atoms with van der Waals surface area (Å²) in [4.78, 5) is 28.0. The highest BCUT2D eigenvalue weighted by atomic mass is 19.4. The zero-order valence-corrected chi connectivity index (χ0v) is 21.4. The van der Waals surface area contributed by atoms with Gasteiger partial charge in [-0.05, 0) is 61.9 Å². The number of aromatic nitrogens is 3. The van der Waals surface area contributed by atoms with Crippen molar-refractivity contribution < 1.29 is 18.0 Å². The molecule has 0 bridgehead atoms.